The van der Waals surface area contributed by atoms with E-state index in [1.807, 2.05) is 25.1 Å². The average Bonchev–Trinajstić information content (AvgIpc) is 2.57. The second kappa shape index (κ2) is 7.73. The van der Waals surface area contributed by atoms with E-state index in [0.29, 0.717) is 17.2 Å². The molecule has 0 aliphatic heterocycles. The second-order valence-corrected chi connectivity index (χ2v) is 5.72. The fourth-order valence-electron chi connectivity index (χ4n) is 2.31. The Balaban J connectivity index is 2.04. The van der Waals surface area contributed by atoms with Gasteiger partial charge in [0.05, 0.1) is 14.2 Å². The molecule has 0 radical (unpaired) electrons. The molecule has 24 heavy (non-hydrogen) atoms. The van der Waals surface area contributed by atoms with Crippen molar-refractivity contribution in [3.63, 3.8) is 0 Å². The van der Waals surface area contributed by atoms with E-state index in [9.17, 15) is 4.79 Å². The molecule has 2 aromatic carbocycles. The van der Waals surface area contributed by atoms with E-state index in [0.717, 1.165) is 5.69 Å². The zero-order valence-electron chi connectivity index (χ0n) is 14.8. The number of nitrogens with one attached hydrogen (secondary N) is 2. The van der Waals surface area contributed by atoms with Crippen LogP contribution in [-0.4, -0.2) is 26.2 Å². The summed E-state index contributed by atoms with van der Waals surface area (Å²) in [6, 6.07) is 11.0. The van der Waals surface area contributed by atoms with Crippen LogP contribution < -0.4 is 20.1 Å². The number of methoxy groups -OCH3 is 2. The van der Waals surface area contributed by atoms with Crippen molar-refractivity contribution in [2.75, 3.05) is 24.9 Å². The minimum absolute atomic E-state index is 0.125. The molecule has 0 aromatic heterocycles. The monoisotopic (exact) mass is 328 g/mol. The van der Waals surface area contributed by atoms with Crippen LogP contribution in [0.4, 0.5) is 11.4 Å². The lowest BCUT2D eigenvalue weighted by Crippen LogP contribution is -2.31. The Labute approximate surface area is 143 Å². The van der Waals surface area contributed by atoms with Crippen LogP contribution in [0.1, 0.15) is 18.1 Å². The molecule has 128 valence electrons. The molecule has 5 nitrogen and oxygen atoms in total. The lowest BCUT2D eigenvalue weighted by atomic mass is 10.1. The smallest absolute Gasteiger partial charge is 0.246 e. The number of carbonyl (C=O) groups excluding carboxylic acids is 1. The topological polar surface area (TPSA) is 59.6 Å². The quantitative estimate of drug-likeness (QED) is 0.847. The van der Waals surface area contributed by atoms with Crippen molar-refractivity contribution in [1.82, 2.24) is 0 Å². The van der Waals surface area contributed by atoms with E-state index in [1.165, 1.54) is 11.1 Å². The summed E-state index contributed by atoms with van der Waals surface area (Å²) in [5.41, 5.74) is 4.00. The van der Waals surface area contributed by atoms with Gasteiger partial charge in [-0.1, -0.05) is 6.07 Å². The Hall–Kier alpha value is -2.69. The van der Waals surface area contributed by atoms with Crippen molar-refractivity contribution in [2.45, 2.75) is 26.8 Å². The first-order valence-corrected chi connectivity index (χ1v) is 7.81. The summed E-state index contributed by atoms with van der Waals surface area (Å²) in [5, 5.41) is 6.09. The number of carbonyl (C=O) groups is 1. The van der Waals surface area contributed by atoms with Gasteiger partial charge >= 0.3 is 0 Å². The van der Waals surface area contributed by atoms with Crippen molar-refractivity contribution in [2.24, 2.45) is 0 Å². The maximum Gasteiger partial charge on any atom is 0.246 e. The average molecular weight is 328 g/mol. The van der Waals surface area contributed by atoms with Crippen LogP contribution in [0.15, 0.2) is 36.4 Å². The minimum atomic E-state index is -0.375. The molecule has 0 aliphatic carbocycles. The van der Waals surface area contributed by atoms with Crippen LogP contribution in [-0.2, 0) is 4.79 Å². The number of rotatable bonds is 6. The molecular weight excluding hydrogens is 304 g/mol. The van der Waals surface area contributed by atoms with Crippen molar-refractivity contribution < 1.29 is 14.3 Å². The maximum absolute atomic E-state index is 12.4. The molecule has 2 rings (SSSR count). The largest absolute Gasteiger partial charge is 0.493 e. The van der Waals surface area contributed by atoms with Gasteiger partial charge in [-0.15, -0.1) is 0 Å². The van der Waals surface area contributed by atoms with Gasteiger partial charge in [0.2, 0.25) is 5.91 Å². The van der Waals surface area contributed by atoms with Crippen LogP contribution in [0.2, 0.25) is 0 Å². The third kappa shape index (κ3) is 4.19. The van der Waals surface area contributed by atoms with Gasteiger partial charge < -0.3 is 20.1 Å². The third-order valence-electron chi connectivity index (χ3n) is 3.93. The predicted molar refractivity (Wildman–Crippen MR) is 97.2 cm³/mol. The molecule has 1 amide bonds. The van der Waals surface area contributed by atoms with Crippen molar-refractivity contribution in [3.8, 4) is 11.5 Å². The first-order valence-electron chi connectivity index (χ1n) is 7.81. The summed E-state index contributed by atoms with van der Waals surface area (Å²) in [5.74, 6) is 1.07. The molecule has 0 heterocycles. The molecule has 0 bridgehead atoms. The molecule has 0 aliphatic rings. The van der Waals surface area contributed by atoms with Crippen LogP contribution in [0.25, 0.3) is 0 Å². The van der Waals surface area contributed by atoms with E-state index in [-0.39, 0.29) is 11.9 Å². The molecule has 0 saturated carbocycles. The summed E-state index contributed by atoms with van der Waals surface area (Å²) < 4.78 is 10.4. The highest BCUT2D eigenvalue weighted by Gasteiger charge is 2.14. The van der Waals surface area contributed by atoms with Gasteiger partial charge in [0.25, 0.3) is 0 Å². The van der Waals surface area contributed by atoms with Crippen molar-refractivity contribution >= 4 is 17.3 Å². The maximum atomic E-state index is 12.4. The summed E-state index contributed by atoms with van der Waals surface area (Å²) in [6.07, 6.45) is 0. The number of anilines is 2. The molecule has 2 aromatic rings. The molecule has 0 saturated heterocycles. The Morgan fingerprint density at radius 3 is 2.21 bits per heavy atom. The molecular formula is C19H24N2O3. The number of hydrogen-bond donors (Lipinski definition) is 2. The van der Waals surface area contributed by atoms with Gasteiger partial charge in [0.15, 0.2) is 11.5 Å². The van der Waals surface area contributed by atoms with Gasteiger partial charge in [-0.05, 0) is 56.2 Å². The van der Waals surface area contributed by atoms with Gasteiger partial charge in [-0.3, -0.25) is 4.79 Å². The van der Waals surface area contributed by atoms with E-state index in [4.69, 9.17) is 9.47 Å². The fraction of sp³-hybridized carbons (Fsp3) is 0.316. The Morgan fingerprint density at radius 1 is 0.917 bits per heavy atom. The first kappa shape index (κ1) is 17.7. The number of amides is 1. The highest BCUT2D eigenvalue weighted by molar-refractivity contribution is 5.96. The Morgan fingerprint density at radius 2 is 1.58 bits per heavy atom. The summed E-state index contributed by atoms with van der Waals surface area (Å²) >= 11 is 0. The van der Waals surface area contributed by atoms with E-state index in [2.05, 4.69) is 24.5 Å². The molecule has 5 heteroatoms. The number of aryl methyl sites for hydroxylation is 2. The van der Waals surface area contributed by atoms with Crippen LogP contribution in [0, 0.1) is 13.8 Å². The molecule has 1 atom stereocenters. The zero-order chi connectivity index (χ0) is 17.7. The highest BCUT2D eigenvalue weighted by atomic mass is 16.5. The minimum Gasteiger partial charge on any atom is -0.493 e. The van der Waals surface area contributed by atoms with Crippen LogP contribution in [0.3, 0.4) is 0 Å². The summed E-state index contributed by atoms with van der Waals surface area (Å²) in [7, 11) is 3.14. The predicted octanol–water partition coefficient (Wildman–Crippen LogP) is 3.76. The van der Waals surface area contributed by atoms with E-state index < -0.39 is 0 Å². The van der Waals surface area contributed by atoms with Gasteiger partial charge in [-0.2, -0.15) is 0 Å². The van der Waals surface area contributed by atoms with Crippen molar-refractivity contribution in [1.29, 1.82) is 0 Å². The lowest BCUT2D eigenvalue weighted by molar-refractivity contribution is -0.116. The molecule has 1 unspecified atom stereocenters. The number of hydrogen-bond acceptors (Lipinski definition) is 4. The first-order chi connectivity index (χ1) is 11.4. The SMILES string of the molecule is COc1ccc(NC(=O)C(C)Nc2ccc(C)c(C)c2)cc1OC. The zero-order valence-corrected chi connectivity index (χ0v) is 14.8. The standard InChI is InChI=1S/C19H24N2O3/c1-12-6-7-15(10-13(12)2)20-14(3)19(22)21-16-8-9-17(23-4)18(11-16)24-5/h6-11,14,20H,1-5H3,(H,21,22). The Kier molecular flexibility index (Phi) is 5.68. The van der Waals surface area contributed by atoms with Crippen LogP contribution >= 0.6 is 0 Å². The molecule has 2 N–H and O–H groups in total. The van der Waals surface area contributed by atoms with Crippen LogP contribution in [0.5, 0.6) is 11.5 Å². The summed E-state index contributed by atoms with van der Waals surface area (Å²) in [6.45, 7) is 5.94. The fourth-order valence-corrected chi connectivity index (χ4v) is 2.31. The van der Waals surface area contributed by atoms with Gasteiger partial charge in [0, 0.05) is 17.4 Å². The van der Waals surface area contributed by atoms with Gasteiger partial charge in [-0.25, -0.2) is 0 Å². The third-order valence-corrected chi connectivity index (χ3v) is 3.93. The normalized spacial score (nSPS) is 11.5. The number of ether oxygens (including phenoxy) is 2. The van der Waals surface area contributed by atoms with E-state index in [1.54, 1.807) is 32.4 Å². The Bertz CT molecular complexity index is 729. The second-order valence-electron chi connectivity index (χ2n) is 5.72. The number of benzene rings is 2. The van der Waals surface area contributed by atoms with Gasteiger partial charge in [0.1, 0.15) is 6.04 Å². The molecule has 0 spiro atoms. The van der Waals surface area contributed by atoms with Crippen molar-refractivity contribution in [3.05, 3.63) is 47.5 Å². The van der Waals surface area contributed by atoms with E-state index >= 15 is 0 Å². The highest BCUT2D eigenvalue weighted by Crippen LogP contribution is 2.29. The lowest BCUT2D eigenvalue weighted by Gasteiger charge is -2.17. The summed E-state index contributed by atoms with van der Waals surface area (Å²) in [4.78, 5) is 12.4. The molecule has 0 fully saturated rings.